The maximum Gasteiger partial charge on any atom is 0.290 e. The zero-order valence-electron chi connectivity index (χ0n) is 17.0. The van der Waals surface area contributed by atoms with Crippen LogP contribution in [-0.2, 0) is 20.9 Å². The minimum Gasteiger partial charge on any atom is -0.508 e. The molecule has 0 spiro atoms. The maximum absolute atomic E-state index is 13.6. The zero-order chi connectivity index (χ0) is 20.8. The first kappa shape index (κ1) is 18.9. The van der Waals surface area contributed by atoms with Gasteiger partial charge in [0.2, 0.25) is 0 Å². The van der Waals surface area contributed by atoms with Crippen molar-refractivity contribution in [3.05, 3.63) is 77.1 Å². The van der Waals surface area contributed by atoms with Crippen molar-refractivity contribution >= 4 is 11.7 Å². The summed E-state index contributed by atoms with van der Waals surface area (Å²) in [4.78, 5) is 28.7. The van der Waals surface area contributed by atoms with E-state index in [0.29, 0.717) is 18.0 Å². The molecule has 1 amide bonds. The molecule has 5 heteroatoms. The molecule has 0 aromatic heterocycles. The third kappa shape index (κ3) is 3.09. The summed E-state index contributed by atoms with van der Waals surface area (Å²) in [7, 11) is 0. The van der Waals surface area contributed by atoms with Crippen molar-refractivity contribution < 1.29 is 19.4 Å². The fourth-order valence-electron chi connectivity index (χ4n) is 5.11. The van der Waals surface area contributed by atoms with E-state index in [1.54, 1.807) is 23.1 Å². The van der Waals surface area contributed by atoms with Crippen molar-refractivity contribution in [3.63, 3.8) is 0 Å². The number of carbonyl (C=O) groups is 2. The fourth-order valence-corrected chi connectivity index (χ4v) is 5.11. The normalized spacial score (nSPS) is 28.2. The monoisotopic (exact) mass is 403 g/mol. The Morgan fingerprint density at radius 2 is 1.87 bits per heavy atom. The van der Waals surface area contributed by atoms with E-state index in [1.165, 1.54) is 0 Å². The maximum atomic E-state index is 13.6. The Morgan fingerprint density at radius 1 is 1.07 bits per heavy atom. The summed E-state index contributed by atoms with van der Waals surface area (Å²) in [5, 5.41) is 10.1. The summed E-state index contributed by atoms with van der Waals surface area (Å²) < 4.78 is 6.20. The largest absolute Gasteiger partial charge is 0.508 e. The number of hydrogen-bond donors (Lipinski definition) is 1. The van der Waals surface area contributed by atoms with Gasteiger partial charge >= 0.3 is 0 Å². The molecule has 2 heterocycles. The van der Waals surface area contributed by atoms with E-state index in [2.05, 4.69) is 6.92 Å². The number of nitrogens with zero attached hydrogens (tertiary/aromatic N) is 1. The Balaban J connectivity index is 1.59. The zero-order valence-corrected chi connectivity index (χ0v) is 17.0. The first-order chi connectivity index (χ1) is 14.5. The van der Waals surface area contributed by atoms with Crippen LogP contribution >= 0.6 is 0 Å². The van der Waals surface area contributed by atoms with Gasteiger partial charge in [-0.15, -0.1) is 0 Å². The lowest BCUT2D eigenvalue weighted by Crippen LogP contribution is -2.41. The lowest BCUT2D eigenvalue weighted by atomic mass is 9.74. The average molecular weight is 403 g/mol. The van der Waals surface area contributed by atoms with Crippen LogP contribution in [0.3, 0.4) is 0 Å². The molecule has 1 aliphatic carbocycles. The molecule has 2 aromatic carbocycles. The van der Waals surface area contributed by atoms with Crippen LogP contribution in [-0.4, -0.2) is 27.8 Å². The minimum atomic E-state index is -0.550. The summed E-state index contributed by atoms with van der Waals surface area (Å²) in [6, 6.07) is 16.0. The highest BCUT2D eigenvalue weighted by atomic mass is 16.5. The van der Waals surface area contributed by atoms with Gasteiger partial charge in [-0.25, -0.2) is 0 Å². The van der Waals surface area contributed by atoms with E-state index < -0.39 is 6.04 Å². The summed E-state index contributed by atoms with van der Waals surface area (Å²) in [6.45, 7) is 2.54. The van der Waals surface area contributed by atoms with Gasteiger partial charge in [0, 0.05) is 6.54 Å². The highest BCUT2D eigenvalue weighted by Gasteiger charge is 2.52. The summed E-state index contributed by atoms with van der Waals surface area (Å²) in [5.74, 6) is 0.384. The Hall–Kier alpha value is -3.08. The van der Waals surface area contributed by atoms with Gasteiger partial charge in [-0.05, 0) is 48.4 Å². The number of rotatable bonds is 3. The molecule has 1 saturated carbocycles. The summed E-state index contributed by atoms with van der Waals surface area (Å²) in [5.41, 5.74) is 2.16. The van der Waals surface area contributed by atoms with Crippen molar-refractivity contribution in [2.45, 2.75) is 44.9 Å². The predicted molar refractivity (Wildman–Crippen MR) is 111 cm³/mol. The number of ketones is 1. The van der Waals surface area contributed by atoms with Gasteiger partial charge in [0.05, 0.1) is 17.5 Å². The molecule has 2 aliphatic heterocycles. The van der Waals surface area contributed by atoms with Crippen LogP contribution in [0.5, 0.6) is 5.75 Å². The smallest absolute Gasteiger partial charge is 0.290 e. The Morgan fingerprint density at radius 3 is 2.63 bits per heavy atom. The standard InChI is InChI=1S/C25H25NO4/c1-15-10-11-20-19(12-15)23(28)21-22(17-8-5-9-18(27)13-17)26(25(29)24(21)30-20)14-16-6-3-2-4-7-16/h2-9,13,15,19-20,22,27H,10-12,14H2,1H3. The van der Waals surface area contributed by atoms with E-state index >= 15 is 0 Å². The molecule has 1 fully saturated rings. The van der Waals surface area contributed by atoms with Crippen molar-refractivity contribution in [1.29, 1.82) is 0 Å². The first-order valence-corrected chi connectivity index (χ1v) is 10.6. The molecule has 2 aromatic rings. The second-order valence-electron chi connectivity index (χ2n) is 8.70. The number of amides is 1. The first-order valence-electron chi connectivity index (χ1n) is 10.6. The molecular formula is C25H25NO4. The minimum absolute atomic E-state index is 0.0325. The molecular weight excluding hydrogens is 378 g/mol. The summed E-state index contributed by atoms with van der Waals surface area (Å²) in [6.07, 6.45) is 2.39. The van der Waals surface area contributed by atoms with Gasteiger partial charge in [0.15, 0.2) is 11.5 Å². The van der Waals surface area contributed by atoms with Crippen LogP contribution in [0.15, 0.2) is 65.9 Å². The Kier molecular flexibility index (Phi) is 4.61. The van der Waals surface area contributed by atoms with Crippen molar-refractivity contribution in [1.82, 2.24) is 4.90 Å². The van der Waals surface area contributed by atoms with Gasteiger partial charge in [-0.3, -0.25) is 9.59 Å². The van der Waals surface area contributed by atoms with E-state index in [9.17, 15) is 14.7 Å². The molecule has 154 valence electrons. The number of benzene rings is 2. The molecule has 0 saturated heterocycles. The van der Waals surface area contributed by atoms with E-state index in [0.717, 1.165) is 30.4 Å². The molecule has 30 heavy (non-hydrogen) atoms. The summed E-state index contributed by atoms with van der Waals surface area (Å²) >= 11 is 0. The fraction of sp³-hybridized carbons (Fsp3) is 0.360. The highest BCUT2D eigenvalue weighted by Crippen LogP contribution is 2.48. The number of Topliss-reactive ketones (excluding diaryl/α,β-unsaturated/α-hetero) is 1. The van der Waals surface area contributed by atoms with Gasteiger partial charge in [0.25, 0.3) is 5.91 Å². The van der Waals surface area contributed by atoms with Crippen LogP contribution in [0.4, 0.5) is 0 Å². The number of carbonyl (C=O) groups excluding carboxylic acids is 2. The van der Waals surface area contributed by atoms with Crippen molar-refractivity contribution in [3.8, 4) is 5.75 Å². The third-order valence-corrected chi connectivity index (χ3v) is 6.59. The predicted octanol–water partition coefficient (Wildman–Crippen LogP) is 4.13. The number of phenols is 1. The van der Waals surface area contributed by atoms with Crippen LogP contribution < -0.4 is 0 Å². The quantitative estimate of drug-likeness (QED) is 0.837. The molecule has 0 bridgehead atoms. The van der Waals surface area contributed by atoms with Crippen LogP contribution in [0.25, 0.3) is 0 Å². The van der Waals surface area contributed by atoms with Crippen LogP contribution in [0.1, 0.15) is 43.4 Å². The van der Waals surface area contributed by atoms with E-state index in [1.807, 2.05) is 36.4 Å². The number of ether oxygens (including phenoxy) is 1. The highest BCUT2D eigenvalue weighted by molar-refractivity contribution is 6.11. The van der Waals surface area contributed by atoms with Crippen molar-refractivity contribution in [2.75, 3.05) is 0 Å². The average Bonchev–Trinajstić information content (AvgIpc) is 3.02. The number of fused-ring (bicyclic) bond motifs is 1. The SMILES string of the molecule is CC1CCC2OC3=C(C(=O)C2C1)C(c1cccc(O)c1)N(Cc1ccccc1)C3=O. The number of aromatic hydroxyl groups is 1. The lowest BCUT2D eigenvalue weighted by molar-refractivity contribution is -0.136. The van der Waals surface area contributed by atoms with Crippen LogP contribution in [0.2, 0.25) is 0 Å². The Labute approximate surface area is 176 Å². The third-order valence-electron chi connectivity index (χ3n) is 6.59. The molecule has 5 nitrogen and oxygen atoms in total. The molecule has 4 atom stereocenters. The van der Waals surface area contributed by atoms with E-state index in [-0.39, 0.29) is 35.2 Å². The van der Waals surface area contributed by atoms with Crippen LogP contribution in [0, 0.1) is 11.8 Å². The second kappa shape index (κ2) is 7.31. The molecule has 5 rings (SSSR count). The second-order valence-corrected chi connectivity index (χ2v) is 8.70. The van der Waals surface area contributed by atoms with Gasteiger partial charge < -0.3 is 14.7 Å². The topological polar surface area (TPSA) is 66.8 Å². The van der Waals surface area contributed by atoms with Gasteiger partial charge in [-0.1, -0.05) is 49.4 Å². The molecule has 3 aliphatic rings. The van der Waals surface area contributed by atoms with Crippen molar-refractivity contribution in [2.24, 2.45) is 11.8 Å². The van der Waals surface area contributed by atoms with Gasteiger partial charge in [-0.2, -0.15) is 0 Å². The number of phenolic OH excluding ortho intramolecular Hbond substituents is 1. The molecule has 4 unspecified atom stereocenters. The molecule has 1 N–H and O–H groups in total. The lowest BCUT2D eigenvalue weighted by Gasteiger charge is -2.37. The van der Waals surface area contributed by atoms with Gasteiger partial charge in [0.1, 0.15) is 11.9 Å². The molecule has 0 radical (unpaired) electrons. The van der Waals surface area contributed by atoms with E-state index in [4.69, 9.17) is 4.74 Å². The Bertz CT molecular complexity index is 1030. The number of hydrogen-bond acceptors (Lipinski definition) is 4.